The summed E-state index contributed by atoms with van der Waals surface area (Å²) in [5, 5.41) is 0. The summed E-state index contributed by atoms with van der Waals surface area (Å²) in [5.41, 5.74) is -3.72. The van der Waals surface area contributed by atoms with Crippen molar-refractivity contribution in [3.8, 4) is 0 Å². The molecule has 0 spiro atoms. The molecule has 3 atom stereocenters. The first kappa shape index (κ1) is 41.1. The van der Waals surface area contributed by atoms with Crippen molar-refractivity contribution in [3.05, 3.63) is 38.0 Å². The Kier molecular flexibility index (Phi) is 42.4. The summed E-state index contributed by atoms with van der Waals surface area (Å²) in [6.07, 6.45) is 22.3. The largest absolute Gasteiger partial charge is 0.850 e. The number of hydrogen-bond donors (Lipinski definition) is 0. The van der Waals surface area contributed by atoms with E-state index in [1.54, 1.807) is 0 Å². The van der Waals surface area contributed by atoms with Crippen molar-refractivity contribution >= 4 is 29.7 Å². The molecule has 0 aliphatic heterocycles. The Morgan fingerprint density at radius 3 is 1.03 bits per heavy atom. The third-order valence-electron chi connectivity index (χ3n) is 4.40. The molecule has 0 radical (unpaired) electrons. The third kappa shape index (κ3) is 58.1. The van der Waals surface area contributed by atoms with Crippen LogP contribution in [0.3, 0.4) is 0 Å². The third-order valence-corrected chi connectivity index (χ3v) is 9.07. The topological polar surface area (TPSA) is 46.1 Å². The van der Waals surface area contributed by atoms with Gasteiger partial charge >= 0.3 is 204 Å². The molecule has 0 aromatic carbocycles. The van der Waals surface area contributed by atoms with Gasteiger partial charge in [-0.1, -0.05) is 0 Å². The van der Waals surface area contributed by atoms with Crippen molar-refractivity contribution in [3.63, 3.8) is 0 Å². The Morgan fingerprint density at radius 1 is 0.719 bits per heavy atom. The zero-order valence-corrected chi connectivity index (χ0v) is 32.7. The molecule has 0 saturated heterocycles. The summed E-state index contributed by atoms with van der Waals surface area (Å²) in [6.45, 7) is 17.9. The number of hydrogen-bond acceptors (Lipinski definition) is 4. The van der Waals surface area contributed by atoms with Crippen LogP contribution in [0, 0.1) is 0 Å². The molecule has 32 heavy (non-hydrogen) atoms. The Hall–Kier alpha value is 2.01. The molecule has 0 aromatic heterocycles. The number of allylic oxidation sites excluding steroid dienone is 3. The molecule has 0 heterocycles. The van der Waals surface area contributed by atoms with Crippen LogP contribution in [0.4, 0.5) is 0 Å². The smallest absolute Gasteiger partial charge is 0.160 e. The fourth-order valence-corrected chi connectivity index (χ4v) is 5.84. The van der Waals surface area contributed by atoms with Crippen LogP contribution in [0.15, 0.2) is 38.0 Å². The second kappa shape index (κ2) is 33.0. The minimum Gasteiger partial charge on any atom is -0.850 e. The van der Waals surface area contributed by atoms with Crippen LogP contribution >= 0.6 is 5.69 Å². The maximum absolute atomic E-state index is 9.29. The van der Waals surface area contributed by atoms with E-state index < -0.39 is 5.69 Å². The van der Waals surface area contributed by atoms with Gasteiger partial charge in [0, 0.05) is 0 Å². The second-order valence-corrected chi connectivity index (χ2v) is 19.8. The average Bonchev–Trinajstić information content (AvgIpc) is 2.69. The molecule has 0 rings (SSSR count). The molecular weight excluding hydrogens is 612 g/mol. The molecule has 3 unspecified atom stereocenters. The minimum atomic E-state index is -3.72. The number of rotatable bonds is 15. The molecule has 2 nitrogen and oxygen atoms in total. The molecule has 176 valence electrons. The van der Waals surface area contributed by atoms with Gasteiger partial charge in [0.2, 0.25) is 0 Å². The Balaban J connectivity index is -0.000000167. The fourth-order valence-electron chi connectivity index (χ4n) is 2.54. The molecule has 8 heteroatoms. The molecule has 0 bridgehead atoms. The standard InChI is InChI=1S/3C8H15.H3O2PS2.3Zn/c3*1-3-5-7-8-6-4-2;1-3(2,4)5;;;/h3*3,7H,1,4-6,8H2,2H3;(H3,1,2,4,5);;;/q;;;;3*+1/p-3. The van der Waals surface area contributed by atoms with Crippen molar-refractivity contribution < 1.29 is 64.7 Å². The molecule has 0 aliphatic carbocycles. The summed E-state index contributed by atoms with van der Waals surface area (Å²) in [5.74, 6) is 0. The van der Waals surface area contributed by atoms with E-state index in [0.717, 1.165) is 13.5 Å². The van der Waals surface area contributed by atoms with E-state index in [1.807, 2.05) is 18.2 Å². The van der Waals surface area contributed by atoms with Gasteiger partial charge in [0.15, 0.2) is 0 Å². The molecular formula is C24H45O2PS2Zn3. The van der Waals surface area contributed by atoms with Crippen molar-refractivity contribution in [2.75, 3.05) is 0 Å². The molecule has 0 aromatic rings. The van der Waals surface area contributed by atoms with Crippen LogP contribution in [-0.2, 0) is 79.0 Å². The maximum Gasteiger partial charge on any atom is -0.160 e. The monoisotopic (exact) mass is 652 g/mol. The summed E-state index contributed by atoms with van der Waals surface area (Å²) >= 11 is 11.6. The zero-order chi connectivity index (χ0) is 25.8. The van der Waals surface area contributed by atoms with Crippen molar-refractivity contribution in [1.29, 1.82) is 0 Å². The summed E-state index contributed by atoms with van der Waals surface area (Å²) in [6, 6.07) is 0. The van der Waals surface area contributed by atoms with Crippen LogP contribution in [0.1, 0.15) is 97.8 Å². The average molecular weight is 657 g/mol. The van der Waals surface area contributed by atoms with Gasteiger partial charge < -0.3 is 27.7 Å². The zero-order valence-electron chi connectivity index (χ0n) is 21.3. The minimum absolute atomic E-state index is 0.974. The van der Waals surface area contributed by atoms with Gasteiger partial charge in [0.05, 0.1) is 0 Å². The van der Waals surface area contributed by atoms with Gasteiger partial charge in [-0.05, 0) is 0 Å². The predicted molar refractivity (Wildman–Crippen MR) is 136 cm³/mol. The van der Waals surface area contributed by atoms with Gasteiger partial charge in [-0.3, -0.25) is 0 Å². The quantitative estimate of drug-likeness (QED) is 0.0783. The Morgan fingerprint density at radius 2 is 0.906 bits per heavy atom. The Labute approximate surface area is 241 Å². The van der Waals surface area contributed by atoms with Gasteiger partial charge in [-0.15, -0.1) is 0 Å². The SMILES string of the molecule is C=CC[CH]([Zn+])CCCC.C=CC[CH]([Zn+])CCCC.C=CC[CH]([Zn+])CCCC.[O-]P([O-])(=S)[S-]. The van der Waals surface area contributed by atoms with Crippen molar-refractivity contribution in [1.82, 2.24) is 0 Å². The van der Waals surface area contributed by atoms with Gasteiger partial charge in [0.25, 0.3) is 0 Å². The number of unbranched alkanes of at least 4 members (excludes halogenated alkanes) is 3. The fraction of sp³-hybridized carbons (Fsp3) is 0.750. The second-order valence-electron chi connectivity index (χ2n) is 8.05. The molecule has 0 fully saturated rings. The normalized spacial score (nSPS) is 13.0. The van der Waals surface area contributed by atoms with Crippen LogP contribution in [0.2, 0.25) is 13.5 Å². The first-order valence-corrected chi connectivity index (χ1v) is 20.8. The Bertz CT molecular complexity index is 393. The van der Waals surface area contributed by atoms with E-state index in [1.165, 1.54) is 132 Å². The van der Waals surface area contributed by atoms with Crippen molar-refractivity contribution in [2.45, 2.75) is 111 Å². The van der Waals surface area contributed by atoms with Crippen molar-refractivity contribution in [2.24, 2.45) is 0 Å². The van der Waals surface area contributed by atoms with Gasteiger partial charge in [0.1, 0.15) is 0 Å². The van der Waals surface area contributed by atoms with E-state index in [4.69, 9.17) is 0 Å². The van der Waals surface area contributed by atoms with Crippen LogP contribution in [0.5, 0.6) is 0 Å². The first-order chi connectivity index (χ1) is 14.9. The van der Waals surface area contributed by atoms with Crippen LogP contribution in [-0.4, -0.2) is 0 Å². The summed E-state index contributed by atoms with van der Waals surface area (Å²) < 4.78 is 2.92. The van der Waals surface area contributed by atoms with E-state index in [-0.39, 0.29) is 0 Å². The van der Waals surface area contributed by atoms with E-state index >= 15 is 0 Å². The first-order valence-electron chi connectivity index (χ1n) is 12.0. The van der Waals surface area contributed by atoms with E-state index in [9.17, 15) is 9.79 Å². The van der Waals surface area contributed by atoms with Gasteiger partial charge in [-0.2, -0.15) is 11.8 Å². The molecule has 0 aliphatic rings. The predicted octanol–water partition coefficient (Wildman–Crippen LogP) is 7.74. The van der Waals surface area contributed by atoms with E-state index in [0.29, 0.717) is 0 Å². The summed E-state index contributed by atoms with van der Waals surface area (Å²) in [4.78, 5) is 18.6. The summed E-state index contributed by atoms with van der Waals surface area (Å²) in [7, 11) is 0. The molecule has 0 N–H and O–H groups in total. The van der Waals surface area contributed by atoms with Crippen LogP contribution in [0.25, 0.3) is 0 Å². The molecule has 0 saturated carbocycles. The van der Waals surface area contributed by atoms with Gasteiger partial charge in [-0.25, -0.2) is 0 Å². The van der Waals surface area contributed by atoms with E-state index in [2.05, 4.69) is 64.6 Å². The molecule has 0 amide bonds. The van der Waals surface area contributed by atoms with Crippen LogP contribution < -0.4 is 9.79 Å². The maximum atomic E-state index is 9.29.